The first-order valence-electron chi connectivity index (χ1n) is 4.59. The van der Waals surface area contributed by atoms with Crippen molar-refractivity contribution in [2.75, 3.05) is 14.2 Å². The highest BCUT2D eigenvalue weighted by Gasteiger charge is 2.33. The van der Waals surface area contributed by atoms with Crippen LogP contribution in [0, 0.1) is 0 Å². The van der Waals surface area contributed by atoms with Crippen LogP contribution in [0.3, 0.4) is 0 Å². The summed E-state index contributed by atoms with van der Waals surface area (Å²) < 4.78 is 10.2. The highest BCUT2D eigenvalue weighted by Crippen LogP contribution is 2.22. The summed E-state index contributed by atoms with van der Waals surface area (Å²) in [6, 6.07) is -0.324. The summed E-state index contributed by atoms with van der Waals surface area (Å²) in [7, 11) is 3.14. The van der Waals surface area contributed by atoms with Crippen molar-refractivity contribution in [2.24, 2.45) is 0 Å². The summed E-state index contributed by atoms with van der Waals surface area (Å²) in [5.74, 6) is -0.249. The average molecular weight is 187 g/mol. The molecule has 0 spiro atoms. The molecule has 0 bridgehead atoms. The molecular formula is C9H17NO3. The molecule has 1 heterocycles. The van der Waals surface area contributed by atoms with Gasteiger partial charge in [-0.05, 0) is 26.8 Å². The fraction of sp³-hybridized carbons (Fsp3) is 0.889. The number of hydrogen-bond donors (Lipinski definition) is 1. The summed E-state index contributed by atoms with van der Waals surface area (Å²) in [6.45, 7) is 2.02. The molecule has 0 aromatic rings. The van der Waals surface area contributed by atoms with Gasteiger partial charge in [0, 0.05) is 0 Å². The van der Waals surface area contributed by atoms with E-state index in [2.05, 4.69) is 10.1 Å². The number of esters is 1. The molecule has 0 amide bonds. The second-order valence-corrected chi connectivity index (χ2v) is 3.35. The number of carbonyl (C=O) groups excluding carboxylic acids is 1. The minimum atomic E-state index is -0.324. The number of rotatable bonds is 3. The van der Waals surface area contributed by atoms with Crippen LogP contribution in [0.25, 0.3) is 0 Å². The highest BCUT2D eigenvalue weighted by atomic mass is 16.5. The predicted octanol–water partition coefficient (Wildman–Crippen LogP) is 0.315. The Hall–Kier alpha value is -0.610. The van der Waals surface area contributed by atoms with Gasteiger partial charge in [-0.25, -0.2) is 0 Å². The Bertz CT molecular complexity index is 184. The first-order chi connectivity index (χ1) is 6.19. The van der Waals surface area contributed by atoms with Gasteiger partial charge in [0.25, 0.3) is 0 Å². The van der Waals surface area contributed by atoms with E-state index in [0.29, 0.717) is 0 Å². The Labute approximate surface area is 78.6 Å². The Morgan fingerprint density at radius 2 is 2.31 bits per heavy atom. The van der Waals surface area contributed by atoms with Crippen molar-refractivity contribution < 1.29 is 14.3 Å². The molecule has 13 heavy (non-hydrogen) atoms. The SMILES string of the molecule is CNC(C(=O)OC)C1CCC(C)O1. The van der Waals surface area contributed by atoms with Gasteiger partial charge in [0.1, 0.15) is 6.04 Å². The van der Waals surface area contributed by atoms with E-state index in [1.54, 1.807) is 7.05 Å². The van der Waals surface area contributed by atoms with E-state index in [9.17, 15) is 4.79 Å². The van der Waals surface area contributed by atoms with Crippen molar-refractivity contribution in [1.29, 1.82) is 0 Å². The smallest absolute Gasteiger partial charge is 0.325 e. The van der Waals surface area contributed by atoms with Crippen LogP contribution in [0.4, 0.5) is 0 Å². The second kappa shape index (κ2) is 4.58. The first kappa shape index (κ1) is 10.5. The van der Waals surface area contributed by atoms with E-state index >= 15 is 0 Å². The summed E-state index contributed by atoms with van der Waals surface area (Å²) in [5.41, 5.74) is 0. The lowest BCUT2D eigenvalue weighted by Crippen LogP contribution is -2.44. The fourth-order valence-corrected chi connectivity index (χ4v) is 1.66. The topological polar surface area (TPSA) is 47.6 Å². The molecule has 76 valence electrons. The third-order valence-corrected chi connectivity index (χ3v) is 2.40. The molecule has 3 unspecified atom stereocenters. The molecule has 4 heteroatoms. The van der Waals surface area contributed by atoms with Crippen molar-refractivity contribution >= 4 is 5.97 Å². The van der Waals surface area contributed by atoms with Crippen LogP contribution >= 0.6 is 0 Å². The summed E-state index contributed by atoms with van der Waals surface area (Å²) in [6.07, 6.45) is 2.15. The van der Waals surface area contributed by atoms with Crippen molar-refractivity contribution in [3.63, 3.8) is 0 Å². The molecule has 1 aliphatic rings. The normalized spacial score (nSPS) is 30.1. The second-order valence-electron chi connectivity index (χ2n) is 3.35. The Morgan fingerprint density at radius 1 is 1.62 bits per heavy atom. The van der Waals surface area contributed by atoms with Gasteiger partial charge in [-0.15, -0.1) is 0 Å². The number of methoxy groups -OCH3 is 1. The number of hydrogen-bond acceptors (Lipinski definition) is 4. The van der Waals surface area contributed by atoms with E-state index in [1.807, 2.05) is 6.92 Å². The van der Waals surface area contributed by atoms with Crippen LogP contribution in [-0.4, -0.2) is 38.4 Å². The number of ether oxygens (including phenoxy) is 2. The van der Waals surface area contributed by atoms with E-state index in [0.717, 1.165) is 12.8 Å². The molecule has 1 aliphatic heterocycles. The Morgan fingerprint density at radius 3 is 2.69 bits per heavy atom. The fourth-order valence-electron chi connectivity index (χ4n) is 1.66. The Balaban J connectivity index is 2.51. The molecule has 0 aromatic heterocycles. The molecule has 4 nitrogen and oxygen atoms in total. The van der Waals surface area contributed by atoms with Gasteiger partial charge >= 0.3 is 5.97 Å². The zero-order valence-corrected chi connectivity index (χ0v) is 8.37. The zero-order valence-electron chi connectivity index (χ0n) is 8.37. The van der Waals surface area contributed by atoms with Gasteiger partial charge in [-0.3, -0.25) is 4.79 Å². The molecule has 0 radical (unpaired) electrons. The third-order valence-electron chi connectivity index (χ3n) is 2.40. The highest BCUT2D eigenvalue weighted by molar-refractivity contribution is 5.76. The van der Waals surface area contributed by atoms with Crippen LogP contribution in [-0.2, 0) is 14.3 Å². The predicted molar refractivity (Wildman–Crippen MR) is 48.4 cm³/mol. The number of nitrogens with one attached hydrogen (secondary N) is 1. The summed E-state index contributed by atoms with van der Waals surface area (Å²) in [4.78, 5) is 11.3. The molecule has 1 fully saturated rings. The van der Waals surface area contributed by atoms with Crippen molar-refractivity contribution in [1.82, 2.24) is 5.32 Å². The summed E-state index contributed by atoms with van der Waals surface area (Å²) >= 11 is 0. The average Bonchev–Trinajstić information content (AvgIpc) is 2.53. The van der Waals surface area contributed by atoms with Crippen molar-refractivity contribution in [3.05, 3.63) is 0 Å². The molecule has 1 saturated heterocycles. The minimum Gasteiger partial charge on any atom is -0.468 e. The van der Waals surface area contributed by atoms with E-state index in [-0.39, 0.29) is 24.2 Å². The van der Waals surface area contributed by atoms with E-state index in [4.69, 9.17) is 4.74 Å². The molecule has 1 N–H and O–H groups in total. The standard InChI is InChI=1S/C9H17NO3/c1-6-4-5-7(13-6)8(10-2)9(11)12-3/h6-8,10H,4-5H2,1-3H3. The molecule has 1 rings (SSSR count). The maximum atomic E-state index is 11.3. The monoisotopic (exact) mass is 187 g/mol. The number of likely N-dealkylation sites (N-methyl/N-ethyl adjacent to an activating group) is 1. The van der Waals surface area contributed by atoms with E-state index < -0.39 is 0 Å². The Kier molecular flexibility index (Phi) is 3.69. The molecule has 0 aliphatic carbocycles. The van der Waals surface area contributed by atoms with Gasteiger partial charge in [-0.1, -0.05) is 0 Å². The van der Waals surface area contributed by atoms with Gasteiger partial charge in [-0.2, -0.15) is 0 Å². The van der Waals surface area contributed by atoms with Crippen LogP contribution < -0.4 is 5.32 Å². The van der Waals surface area contributed by atoms with Crippen LogP contribution in [0.1, 0.15) is 19.8 Å². The van der Waals surface area contributed by atoms with Gasteiger partial charge in [0.05, 0.1) is 19.3 Å². The van der Waals surface area contributed by atoms with Gasteiger partial charge < -0.3 is 14.8 Å². The van der Waals surface area contributed by atoms with Crippen LogP contribution in [0.15, 0.2) is 0 Å². The maximum absolute atomic E-state index is 11.3. The molecule has 3 atom stereocenters. The van der Waals surface area contributed by atoms with Gasteiger partial charge in [0.15, 0.2) is 0 Å². The largest absolute Gasteiger partial charge is 0.468 e. The molecular weight excluding hydrogens is 170 g/mol. The van der Waals surface area contributed by atoms with Crippen molar-refractivity contribution in [3.8, 4) is 0 Å². The van der Waals surface area contributed by atoms with Crippen molar-refractivity contribution in [2.45, 2.75) is 38.0 Å². The van der Waals surface area contributed by atoms with Crippen LogP contribution in [0.2, 0.25) is 0 Å². The lowest BCUT2D eigenvalue weighted by atomic mass is 10.1. The minimum absolute atomic E-state index is 0.0348. The van der Waals surface area contributed by atoms with E-state index in [1.165, 1.54) is 7.11 Å². The number of carbonyl (C=O) groups is 1. The first-order valence-corrected chi connectivity index (χ1v) is 4.59. The zero-order chi connectivity index (χ0) is 9.84. The lowest BCUT2D eigenvalue weighted by Gasteiger charge is -2.20. The quantitative estimate of drug-likeness (QED) is 0.646. The van der Waals surface area contributed by atoms with Gasteiger partial charge in [0.2, 0.25) is 0 Å². The van der Waals surface area contributed by atoms with Crippen LogP contribution in [0.5, 0.6) is 0 Å². The maximum Gasteiger partial charge on any atom is 0.325 e. The summed E-state index contributed by atoms with van der Waals surface area (Å²) in [5, 5.41) is 2.92. The lowest BCUT2D eigenvalue weighted by molar-refractivity contribution is -0.146. The molecule has 0 saturated carbocycles. The molecule has 0 aromatic carbocycles. The third kappa shape index (κ3) is 2.42.